The zero-order chi connectivity index (χ0) is 33.7. The third-order valence-corrected chi connectivity index (χ3v) is 11.2. The number of methoxy groups -OCH3 is 1. The quantitative estimate of drug-likeness (QED) is 0.372. The van der Waals surface area contributed by atoms with Crippen LogP contribution >= 0.6 is 0 Å². The molecule has 248 valence electrons. The molecule has 0 saturated heterocycles. The predicted octanol–water partition coefficient (Wildman–Crippen LogP) is 2.92. The molecule has 18 heteroatoms. The molecule has 12 nitrogen and oxygen atoms in total. The molecule has 2 amide bonds. The first kappa shape index (κ1) is 34.1. The van der Waals surface area contributed by atoms with Crippen LogP contribution in [0.25, 0.3) is 0 Å². The number of amides is 2. The van der Waals surface area contributed by atoms with Gasteiger partial charge in [0.2, 0.25) is 15.9 Å². The van der Waals surface area contributed by atoms with Gasteiger partial charge in [0, 0.05) is 17.7 Å². The maximum atomic E-state index is 14.1. The van der Waals surface area contributed by atoms with E-state index < -0.39 is 89.7 Å². The van der Waals surface area contributed by atoms with Gasteiger partial charge in [-0.2, -0.15) is 13.2 Å². The SMILES string of the molecule is COc1cc(S(=O)(=O)N2C[C@H](C[C@@H](C)C(=O)NS(=O)(=O)C3CC3)Oc3ccc(N(C(=O)[O-])C(C)(C)C(F)(F)F)cc32)ccc1F. The fourth-order valence-corrected chi connectivity index (χ4v) is 7.62. The van der Waals surface area contributed by atoms with Crippen molar-refractivity contribution in [1.29, 1.82) is 0 Å². The smallest absolute Gasteiger partial charge is 0.411 e. The Labute approximate surface area is 257 Å². The van der Waals surface area contributed by atoms with Crippen LogP contribution in [0.2, 0.25) is 0 Å². The van der Waals surface area contributed by atoms with Gasteiger partial charge in [0.05, 0.1) is 29.5 Å². The Hall–Kier alpha value is -3.80. The van der Waals surface area contributed by atoms with Crippen LogP contribution in [0.1, 0.15) is 40.0 Å². The van der Waals surface area contributed by atoms with Gasteiger partial charge < -0.3 is 24.3 Å². The third kappa shape index (κ3) is 6.75. The van der Waals surface area contributed by atoms with Crippen LogP contribution in [-0.2, 0) is 24.8 Å². The summed E-state index contributed by atoms with van der Waals surface area (Å²) in [7, 11) is -7.43. The Morgan fingerprint density at radius 2 is 1.78 bits per heavy atom. The Balaban J connectivity index is 1.77. The van der Waals surface area contributed by atoms with E-state index in [-0.39, 0.29) is 22.8 Å². The van der Waals surface area contributed by atoms with Crippen molar-refractivity contribution < 1.29 is 58.6 Å². The van der Waals surface area contributed by atoms with E-state index in [4.69, 9.17) is 9.47 Å². The van der Waals surface area contributed by atoms with Gasteiger partial charge in [0.25, 0.3) is 10.0 Å². The van der Waals surface area contributed by atoms with Gasteiger partial charge in [0.15, 0.2) is 11.6 Å². The number of ether oxygens (including phenoxy) is 2. The summed E-state index contributed by atoms with van der Waals surface area (Å²) in [6.45, 7) is 2.06. The van der Waals surface area contributed by atoms with Crippen LogP contribution in [0.5, 0.6) is 11.5 Å². The van der Waals surface area contributed by atoms with Crippen LogP contribution in [0.4, 0.5) is 33.7 Å². The van der Waals surface area contributed by atoms with Gasteiger partial charge in [-0.25, -0.2) is 21.2 Å². The number of anilines is 2. The normalized spacial score (nSPS) is 18.0. The molecule has 1 N–H and O–H groups in total. The predicted molar refractivity (Wildman–Crippen MR) is 150 cm³/mol. The van der Waals surface area contributed by atoms with Crippen molar-refractivity contribution in [2.75, 3.05) is 22.9 Å². The van der Waals surface area contributed by atoms with Crippen LogP contribution in [0, 0.1) is 11.7 Å². The average Bonchev–Trinajstić information content (AvgIpc) is 3.78. The molecule has 0 aromatic heterocycles. The molecule has 0 spiro atoms. The second kappa shape index (κ2) is 11.9. The van der Waals surface area contributed by atoms with Crippen molar-refractivity contribution in [1.82, 2.24) is 4.72 Å². The van der Waals surface area contributed by atoms with Crippen molar-refractivity contribution in [2.45, 2.75) is 68.0 Å². The monoisotopic (exact) mass is 680 g/mol. The fraction of sp³-hybridized carbons (Fsp3) is 0.481. The van der Waals surface area contributed by atoms with Gasteiger partial charge in [-0.1, -0.05) is 6.92 Å². The standard InChI is InChI=1S/C27H31F4N3O9S2/c1-15(24(35)32-44(38,39)18-6-7-18)11-17-14-33(45(40,41)19-8-9-20(28)23(13-19)42-4)21-12-16(5-10-22(21)43-17)34(25(36)37)26(2,3)27(29,30)31/h5,8-10,12-13,15,17-18H,6-7,11,14H2,1-4H3,(H,32,35)(H,36,37)/p-1/t15-,17+/m1/s1. The minimum Gasteiger partial charge on any atom is -0.530 e. The summed E-state index contributed by atoms with van der Waals surface area (Å²) in [5, 5.41) is 11.3. The zero-order valence-electron chi connectivity index (χ0n) is 24.4. The minimum absolute atomic E-state index is 0.0716. The van der Waals surface area contributed by atoms with E-state index in [9.17, 15) is 49.1 Å². The molecule has 1 heterocycles. The number of nitrogens with one attached hydrogen (secondary N) is 1. The molecule has 2 aromatic carbocycles. The molecule has 2 aliphatic rings. The van der Waals surface area contributed by atoms with E-state index in [2.05, 4.69) is 0 Å². The molecule has 45 heavy (non-hydrogen) atoms. The summed E-state index contributed by atoms with van der Waals surface area (Å²) in [6, 6.07) is 5.55. The van der Waals surface area contributed by atoms with Gasteiger partial charge >= 0.3 is 6.18 Å². The van der Waals surface area contributed by atoms with Crippen LogP contribution < -0.4 is 28.5 Å². The summed E-state index contributed by atoms with van der Waals surface area (Å²) in [5.41, 5.74) is -3.95. The van der Waals surface area contributed by atoms with E-state index in [1.165, 1.54) is 6.92 Å². The lowest BCUT2D eigenvalue weighted by Gasteiger charge is -2.42. The molecule has 2 aromatic rings. The molecule has 1 aliphatic heterocycles. The highest BCUT2D eigenvalue weighted by atomic mass is 32.2. The number of carboxylic acid groups (broad SMARTS) is 1. The van der Waals surface area contributed by atoms with Crippen molar-refractivity contribution in [3.8, 4) is 11.5 Å². The Kier molecular flexibility index (Phi) is 8.97. The molecule has 0 radical (unpaired) electrons. The van der Waals surface area contributed by atoms with Gasteiger partial charge in [-0.15, -0.1) is 0 Å². The number of benzene rings is 2. The summed E-state index contributed by atoms with van der Waals surface area (Å²) < 4.78 is 122. The number of halogens is 4. The largest absolute Gasteiger partial charge is 0.530 e. The van der Waals surface area contributed by atoms with Crippen molar-refractivity contribution in [2.24, 2.45) is 5.92 Å². The Bertz CT molecular complexity index is 1710. The second-order valence-electron chi connectivity index (χ2n) is 11.2. The number of carbonyl (C=O) groups excluding carboxylic acids is 2. The summed E-state index contributed by atoms with van der Waals surface area (Å²) >= 11 is 0. The zero-order valence-corrected chi connectivity index (χ0v) is 26.1. The molecule has 0 unspecified atom stereocenters. The number of carbonyl (C=O) groups is 2. The van der Waals surface area contributed by atoms with Crippen LogP contribution in [0.3, 0.4) is 0 Å². The first-order valence-corrected chi connectivity index (χ1v) is 16.5. The molecule has 0 bridgehead atoms. The lowest BCUT2D eigenvalue weighted by Crippen LogP contribution is -2.60. The Morgan fingerprint density at radius 1 is 1.13 bits per heavy atom. The first-order chi connectivity index (χ1) is 20.7. The van der Waals surface area contributed by atoms with Gasteiger partial charge in [0.1, 0.15) is 23.5 Å². The Morgan fingerprint density at radius 3 is 2.33 bits per heavy atom. The number of alkyl halides is 3. The van der Waals surface area contributed by atoms with Crippen molar-refractivity contribution in [3.63, 3.8) is 0 Å². The highest BCUT2D eigenvalue weighted by Crippen LogP contribution is 2.44. The van der Waals surface area contributed by atoms with Gasteiger partial charge in [-0.3, -0.25) is 13.8 Å². The average molecular weight is 681 g/mol. The molecule has 2 atom stereocenters. The number of nitrogens with zero attached hydrogens (tertiary/aromatic N) is 2. The van der Waals surface area contributed by atoms with Crippen LogP contribution in [0.15, 0.2) is 41.3 Å². The molecule has 1 aliphatic carbocycles. The molecule has 4 rings (SSSR count). The topological polar surface area (TPSA) is 162 Å². The number of rotatable bonds is 10. The number of hydrogen-bond acceptors (Lipinski definition) is 9. The van der Waals surface area contributed by atoms with E-state index in [0.29, 0.717) is 26.7 Å². The maximum Gasteiger partial charge on any atom is 0.411 e. The van der Waals surface area contributed by atoms with Crippen molar-refractivity contribution in [3.05, 3.63) is 42.2 Å². The molecule has 1 fully saturated rings. The first-order valence-electron chi connectivity index (χ1n) is 13.5. The van der Waals surface area contributed by atoms with E-state index in [1.807, 2.05) is 4.72 Å². The summed E-state index contributed by atoms with van der Waals surface area (Å²) in [6.07, 6.45) is -7.74. The highest BCUT2D eigenvalue weighted by Gasteiger charge is 2.52. The lowest BCUT2D eigenvalue weighted by atomic mass is 10.0. The number of hydrogen-bond donors (Lipinski definition) is 1. The number of sulfonamides is 2. The highest BCUT2D eigenvalue weighted by molar-refractivity contribution is 7.92. The fourth-order valence-electron chi connectivity index (χ4n) is 4.70. The molecular formula is C27H30F4N3O9S2-. The molecule has 1 saturated carbocycles. The number of fused-ring (bicyclic) bond motifs is 1. The third-order valence-electron chi connectivity index (χ3n) is 7.55. The van der Waals surface area contributed by atoms with E-state index in [1.54, 1.807) is 0 Å². The van der Waals surface area contributed by atoms with E-state index >= 15 is 0 Å². The van der Waals surface area contributed by atoms with E-state index in [0.717, 1.165) is 47.8 Å². The minimum atomic E-state index is -5.06. The summed E-state index contributed by atoms with van der Waals surface area (Å²) in [5.74, 6) is -3.34. The lowest BCUT2D eigenvalue weighted by molar-refractivity contribution is -0.254. The van der Waals surface area contributed by atoms with Gasteiger partial charge in [-0.05, 0) is 63.4 Å². The maximum absolute atomic E-state index is 14.1. The van der Waals surface area contributed by atoms with Crippen LogP contribution in [-0.4, -0.2) is 65.6 Å². The summed E-state index contributed by atoms with van der Waals surface area (Å²) in [4.78, 5) is 24.1. The molecular weight excluding hydrogens is 650 g/mol. The second-order valence-corrected chi connectivity index (χ2v) is 15.1. The van der Waals surface area contributed by atoms with Crippen molar-refractivity contribution >= 4 is 43.4 Å².